The van der Waals surface area contributed by atoms with Gasteiger partial charge in [-0.2, -0.15) is 11.8 Å². The van der Waals surface area contributed by atoms with Crippen molar-refractivity contribution in [2.75, 3.05) is 12.4 Å². The number of thioether (sulfide) groups is 1. The van der Waals surface area contributed by atoms with Gasteiger partial charge in [0, 0.05) is 17.7 Å². The van der Waals surface area contributed by atoms with Crippen LogP contribution in [0, 0.1) is 0 Å². The van der Waals surface area contributed by atoms with Crippen LogP contribution in [0.4, 0.5) is 0 Å². The molecule has 1 unspecified atom stereocenters. The molecule has 0 fully saturated rings. The minimum absolute atomic E-state index is 0.252. The first-order valence-electron chi connectivity index (χ1n) is 9.55. The van der Waals surface area contributed by atoms with Crippen LogP contribution in [0.15, 0.2) is 66.9 Å². The smallest absolute Gasteiger partial charge is 0.347 e. The van der Waals surface area contributed by atoms with Gasteiger partial charge >= 0.3 is 5.97 Å². The molecule has 0 aliphatic heterocycles. The summed E-state index contributed by atoms with van der Waals surface area (Å²) in [4.78, 5) is 16.2. The maximum Gasteiger partial charge on any atom is 0.347 e. The van der Waals surface area contributed by atoms with Gasteiger partial charge in [-0.1, -0.05) is 53.5 Å². The third-order valence-electron chi connectivity index (χ3n) is 4.04. The SMILES string of the molecule is CC(Oc1ccc(Oc2ncc(Cl)cc2Cl)cc1)C(=O)OCCSCc1ccccc1. The summed E-state index contributed by atoms with van der Waals surface area (Å²) in [7, 11) is 0. The number of ether oxygens (including phenoxy) is 3. The van der Waals surface area contributed by atoms with E-state index in [9.17, 15) is 4.79 Å². The van der Waals surface area contributed by atoms with Crippen molar-refractivity contribution < 1.29 is 19.0 Å². The highest BCUT2D eigenvalue weighted by atomic mass is 35.5. The number of benzene rings is 2. The van der Waals surface area contributed by atoms with E-state index in [-0.39, 0.29) is 5.88 Å². The van der Waals surface area contributed by atoms with E-state index in [0.717, 1.165) is 11.5 Å². The van der Waals surface area contributed by atoms with Crippen molar-refractivity contribution in [2.45, 2.75) is 18.8 Å². The Morgan fingerprint density at radius 1 is 1.06 bits per heavy atom. The molecule has 162 valence electrons. The second-order valence-electron chi connectivity index (χ2n) is 6.48. The molecule has 1 atom stereocenters. The minimum Gasteiger partial charge on any atom is -0.479 e. The van der Waals surface area contributed by atoms with Crippen LogP contribution in [-0.2, 0) is 15.3 Å². The van der Waals surface area contributed by atoms with Crippen molar-refractivity contribution in [1.29, 1.82) is 0 Å². The molecule has 3 rings (SSSR count). The molecule has 0 aliphatic carbocycles. The van der Waals surface area contributed by atoms with Gasteiger partial charge in [-0.15, -0.1) is 0 Å². The number of esters is 1. The Hall–Kier alpha value is -2.41. The third-order valence-corrected chi connectivity index (χ3v) is 5.51. The average molecular weight is 478 g/mol. The lowest BCUT2D eigenvalue weighted by Crippen LogP contribution is -2.26. The molecule has 2 aromatic carbocycles. The quantitative estimate of drug-likeness (QED) is 0.247. The number of rotatable bonds is 10. The molecule has 0 saturated carbocycles. The monoisotopic (exact) mass is 477 g/mol. The standard InChI is InChI=1S/C23H21Cl2NO4S/c1-16(23(27)28-11-12-31-15-17-5-3-2-4-6-17)29-19-7-9-20(10-8-19)30-22-21(25)13-18(24)14-26-22/h2-10,13-14,16H,11-12,15H2,1H3. The predicted molar refractivity (Wildman–Crippen MR) is 124 cm³/mol. The van der Waals surface area contributed by atoms with E-state index in [1.54, 1.807) is 49.0 Å². The van der Waals surface area contributed by atoms with Gasteiger partial charge in [0.05, 0.1) is 5.02 Å². The van der Waals surface area contributed by atoms with Gasteiger partial charge in [0.15, 0.2) is 6.10 Å². The molecule has 0 spiro atoms. The van der Waals surface area contributed by atoms with Crippen LogP contribution in [0.1, 0.15) is 12.5 Å². The fourth-order valence-corrected chi connectivity index (χ4v) is 3.70. The maximum absolute atomic E-state index is 12.1. The molecule has 0 bridgehead atoms. The normalized spacial score (nSPS) is 11.6. The molecule has 0 aliphatic rings. The molecule has 8 heteroatoms. The Bertz CT molecular complexity index is 987. The molecule has 3 aromatic rings. The van der Waals surface area contributed by atoms with E-state index in [1.165, 1.54) is 11.8 Å². The summed E-state index contributed by atoms with van der Waals surface area (Å²) in [6, 6.07) is 18.5. The van der Waals surface area contributed by atoms with Gasteiger partial charge in [0.1, 0.15) is 23.1 Å². The zero-order valence-electron chi connectivity index (χ0n) is 16.8. The molecular weight excluding hydrogens is 457 g/mol. The molecule has 1 aromatic heterocycles. The summed E-state index contributed by atoms with van der Waals surface area (Å²) in [5.41, 5.74) is 1.25. The summed E-state index contributed by atoms with van der Waals surface area (Å²) in [6.45, 7) is 1.99. The molecule has 31 heavy (non-hydrogen) atoms. The van der Waals surface area contributed by atoms with Gasteiger partial charge in [-0.05, 0) is 42.8 Å². The van der Waals surface area contributed by atoms with Crippen molar-refractivity contribution in [3.05, 3.63) is 82.5 Å². The van der Waals surface area contributed by atoms with Crippen molar-refractivity contribution in [3.63, 3.8) is 0 Å². The molecular formula is C23H21Cl2NO4S. The van der Waals surface area contributed by atoms with Crippen LogP contribution in [0.2, 0.25) is 10.0 Å². The lowest BCUT2D eigenvalue weighted by molar-refractivity contribution is -0.150. The largest absolute Gasteiger partial charge is 0.479 e. The number of hydrogen-bond acceptors (Lipinski definition) is 6. The maximum atomic E-state index is 12.1. The van der Waals surface area contributed by atoms with Gasteiger partial charge in [-0.3, -0.25) is 0 Å². The number of aromatic nitrogens is 1. The number of carbonyl (C=O) groups is 1. The molecule has 0 saturated heterocycles. The van der Waals surface area contributed by atoms with Gasteiger partial charge in [0.25, 0.3) is 0 Å². The van der Waals surface area contributed by atoms with Crippen LogP contribution in [0.25, 0.3) is 0 Å². The van der Waals surface area contributed by atoms with Gasteiger partial charge in [0.2, 0.25) is 5.88 Å². The average Bonchev–Trinajstić information content (AvgIpc) is 2.77. The van der Waals surface area contributed by atoms with E-state index in [2.05, 4.69) is 17.1 Å². The predicted octanol–water partition coefficient (Wildman–Crippen LogP) is 6.42. The molecule has 0 radical (unpaired) electrons. The minimum atomic E-state index is -0.724. The highest BCUT2D eigenvalue weighted by Gasteiger charge is 2.16. The summed E-state index contributed by atoms with van der Waals surface area (Å²) >= 11 is 13.6. The Kier molecular flexibility index (Phi) is 8.88. The van der Waals surface area contributed by atoms with Crippen LogP contribution in [-0.4, -0.2) is 29.4 Å². The molecule has 0 N–H and O–H groups in total. The fraction of sp³-hybridized carbons (Fsp3) is 0.217. The third kappa shape index (κ3) is 7.65. The Labute approximate surface area is 195 Å². The summed E-state index contributed by atoms with van der Waals surface area (Å²) in [5.74, 6) is 2.50. The van der Waals surface area contributed by atoms with E-state index >= 15 is 0 Å². The first kappa shape index (κ1) is 23.3. The number of carbonyl (C=O) groups excluding carboxylic acids is 1. The fourth-order valence-electron chi connectivity index (χ4n) is 2.51. The van der Waals surface area contributed by atoms with Crippen molar-refractivity contribution >= 4 is 40.9 Å². The van der Waals surface area contributed by atoms with Crippen LogP contribution in [0.3, 0.4) is 0 Å². The van der Waals surface area contributed by atoms with E-state index < -0.39 is 12.1 Å². The lowest BCUT2D eigenvalue weighted by atomic mass is 10.2. The lowest BCUT2D eigenvalue weighted by Gasteiger charge is -2.14. The Balaban J connectivity index is 1.40. The molecule has 1 heterocycles. The molecule has 0 amide bonds. The van der Waals surface area contributed by atoms with Crippen molar-refractivity contribution in [2.24, 2.45) is 0 Å². The Morgan fingerprint density at radius 2 is 1.77 bits per heavy atom. The number of hydrogen-bond donors (Lipinski definition) is 0. The van der Waals surface area contributed by atoms with Crippen molar-refractivity contribution in [3.8, 4) is 17.4 Å². The van der Waals surface area contributed by atoms with Gasteiger partial charge < -0.3 is 14.2 Å². The first-order chi connectivity index (χ1) is 15.0. The second kappa shape index (κ2) is 11.8. The highest BCUT2D eigenvalue weighted by molar-refractivity contribution is 7.98. The summed E-state index contributed by atoms with van der Waals surface area (Å²) < 4.78 is 16.6. The number of pyridine rings is 1. The Morgan fingerprint density at radius 3 is 2.48 bits per heavy atom. The van der Waals surface area contributed by atoms with E-state index in [1.807, 2.05) is 18.2 Å². The number of halogens is 2. The van der Waals surface area contributed by atoms with Gasteiger partial charge in [-0.25, -0.2) is 9.78 Å². The van der Waals surface area contributed by atoms with Crippen LogP contribution >= 0.6 is 35.0 Å². The highest BCUT2D eigenvalue weighted by Crippen LogP contribution is 2.30. The van der Waals surface area contributed by atoms with Crippen LogP contribution < -0.4 is 9.47 Å². The molecule has 5 nitrogen and oxygen atoms in total. The van der Waals surface area contributed by atoms with Crippen molar-refractivity contribution in [1.82, 2.24) is 4.98 Å². The number of nitrogens with zero attached hydrogens (tertiary/aromatic N) is 1. The topological polar surface area (TPSA) is 57.7 Å². The summed E-state index contributed by atoms with van der Waals surface area (Å²) in [6.07, 6.45) is 0.728. The van der Waals surface area contributed by atoms with E-state index in [0.29, 0.717) is 28.2 Å². The van der Waals surface area contributed by atoms with Crippen LogP contribution in [0.5, 0.6) is 17.4 Å². The second-order valence-corrected chi connectivity index (χ2v) is 8.43. The summed E-state index contributed by atoms with van der Waals surface area (Å²) in [5, 5.41) is 0.739. The van der Waals surface area contributed by atoms with E-state index in [4.69, 9.17) is 37.4 Å². The first-order valence-corrected chi connectivity index (χ1v) is 11.5. The zero-order chi connectivity index (χ0) is 22.1. The zero-order valence-corrected chi connectivity index (χ0v) is 19.1.